The lowest BCUT2D eigenvalue weighted by Crippen LogP contribution is -2.16. The van der Waals surface area contributed by atoms with E-state index in [0.29, 0.717) is 39.2 Å². The number of benzene rings is 2. The number of nitrogens with one attached hydrogen (secondary N) is 1. The first-order valence-corrected chi connectivity index (χ1v) is 12.2. The maximum atomic E-state index is 12.4. The number of carbonyl (C=O) groups is 1. The van der Waals surface area contributed by atoms with Gasteiger partial charge >= 0.3 is 0 Å². The third-order valence-electron chi connectivity index (χ3n) is 4.84. The van der Waals surface area contributed by atoms with E-state index in [9.17, 15) is 4.79 Å². The molecule has 33 heavy (non-hydrogen) atoms. The van der Waals surface area contributed by atoms with Gasteiger partial charge in [0.25, 0.3) is 0 Å². The van der Waals surface area contributed by atoms with Gasteiger partial charge in [-0.25, -0.2) is 0 Å². The van der Waals surface area contributed by atoms with Crippen LogP contribution in [0.25, 0.3) is 0 Å². The third-order valence-corrected chi connectivity index (χ3v) is 6.62. The van der Waals surface area contributed by atoms with Gasteiger partial charge in [-0.3, -0.25) is 9.36 Å². The van der Waals surface area contributed by atoms with Gasteiger partial charge in [0, 0.05) is 6.54 Å². The number of hydrogen-bond acceptors (Lipinski definition) is 5. The number of aromatic nitrogens is 3. The lowest BCUT2D eigenvalue weighted by Gasteiger charge is -2.16. The molecule has 1 atom stereocenters. The molecule has 0 fully saturated rings. The van der Waals surface area contributed by atoms with Gasteiger partial charge in [0.1, 0.15) is 5.75 Å². The van der Waals surface area contributed by atoms with Crippen LogP contribution in [0, 0.1) is 0 Å². The van der Waals surface area contributed by atoms with Crippen LogP contribution in [0.1, 0.15) is 44.2 Å². The molecule has 6 nitrogen and oxygen atoms in total. The van der Waals surface area contributed by atoms with Crippen molar-refractivity contribution < 1.29 is 9.53 Å². The van der Waals surface area contributed by atoms with Crippen molar-refractivity contribution in [2.45, 2.75) is 44.5 Å². The van der Waals surface area contributed by atoms with E-state index in [1.54, 1.807) is 24.3 Å². The Kier molecular flexibility index (Phi) is 8.83. The van der Waals surface area contributed by atoms with Gasteiger partial charge in [0.05, 0.1) is 21.5 Å². The number of rotatable bonds is 10. The zero-order chi connectivity index (χ0) is 24.0. The summed E-state index contributed by atoms with van der Waals surface area (Å²) in [5, 5.41) is 12.6. The van der Waals surface area contributed by atoms with Crippen molar-refractivity contribution in [1.29, 1.82) is 0 Å². The zero-order valence-electron chi connectivity index (χ0n) is 18.7. The number of carbonyl (C=O) groups excluding carboxylic acids is 1. The van der Waals surface area contributed by atoms with E-state index in [2.05, 4.69) is 48.1 Å². The van der Waals surface area contributed by atoms with Crippen molar-refractivity contribution in [3.05, 3.63) is 76.6 Å². The van der Waals surface area contributed by atoms with Crippen LogP contribution in [-0.2, 0) is 11.3 Å². The summed E-state index contributed by atoms with van der Waals surface area (Å²) in [5.41, 5.74) is 1.72. The largest absolute Gasteiger partial charge is 0.483 e. The number of halogens is 2. The molecule has 1 unspecified atom stereocenters. The maximum absolute atomic E-state index is 12.4. The first kappa shape index (κ1) is 25.1. The Morgan fingerprint density at radius 1 is 1.18 bits per heavy atom. The molecule has 3 rings (SSSR count). The highest BCUT2D eigenvalue weighted by Gasteiger charge is 2.20. The molecule has 0 bridgehead atoms. The standard InChI is InChI=1S/C24H26Cl2N4O2S/c1-5-13-30-23(16(4)32-18-11-9-17(10-12-18)15(2)3)28-29-24(30)33-14-21(31)27-20-8-6-7-19(25)22(20)26/h5-12,15-16H,1,13-14H2,2-4H3,(H,27,31). The fourth-order valence-electron chi connectivity index (χ4n) is 3.11. The van der Waals surface area contributed by atoms with E-state index in [0.717, 1.165) is 5.75 Å². The third kappa shape index (κ3) is 6.53. The Labute approximate surface area is 208 Å². The van der Waals surface area contributed by atoms with E-state index in [1.165, 1.54) is 17.3 Å². The van der Waals surface area contributed by atoms with E-state index < -0.39 is 0 Å². The first-order valence-electron chi connectivity index (χ1n) is 10.5. The zero-order valence-corrected chi connectivity index (χ0v) is 21.0. The predicted octanol–water partition coefficient (Wildman–Crippen LogP) is 6.77. The Hall–Kier alpha value is -2.48. The molecule has 174 valence electrons. The molecule has 1 amide bonds. The summed E-state index contributed by atoms with van der Waals surface area (Å²) in [7, 11) is 0. The van der Waals surface area contributed by atoms with Crippen molar-refractivity contribution in [1.82, 2.24) is 14.8 Å². The van der Waals surface area contributed by atoms with E-state index in [-0.39, 0.29) is 17.8 Å². The average Bonchev–Trinajstić information content (AvgIpc) is 3.19. The second kappa shape index (κ2) is 11.6. The van der Waals surface area contributed by atoms with Crippen LogP contribution < -0.4 is 10.1 Å². The van der Waals surface area contributed by atoms with Gasteiger partial charge in [-0.1, -0.05) is 73.1 Å². The van der Waals surface area contributed by atoms with Crippen LogP contribution in [0.4, 0.5) is 5.69 Å². The number of ether oxygens (including phenoxy) is 1. The molecule has 1 aromatic heterocycles. The van der Waals surface area contributed by atoms with Gasteiger partial charge < -0.3 is 10.1 Å². The molecule has 0 saturated heterocycles. The molecule has 0 aliphatic rings. The quantitative estimate of drug-likeness (QED) is 0.243. The maximum Gasteiger partial charge on any atom is 0.234 e. The highest BCUT2D eigenvalue weighted by atomic mass is 35.5. The van der Waals surface area contributed by atoms with Crippen molar-refractivity contribution in [3.63, 3.8) is 0 Å². The van der Waals surface area contributed by atoms with Crippen molar-refractivity contribution >= 4 is 46.6 Å². The van der Waals surface area contributed by atoms with E-state index in [1.807, 2.05) is 23.6 Å². The minimum absolute atomic E-state index is 0.129. The second-order valence-corrected chi connectivity index (χ2v) is 9.39. The van der Waals surface area contributed by atoms with Crippen LogP contribution in [0.2, 0.25) is 10.0 Å². The highest BCUT2D eigenvalue weighted by molar-refractivity contribution is 7.99. The number of thioether (sulfide) groups is 1. The average molecular weight is 505 g/mol. The van der Waals surface area contributed by atoms with Crippen LogP contribution in [0.5, 0.6) is 5.75 Å². The number of anilines is 1. The number of nitrogens with zero attached hydrogens (tertiary/aromatic N) is 3. The molecule has 1 N–H and O–H groups in total. The minimum atomic E-state index is -0.337. The predicted molar refractivity (Wildman–Crippen MR) is 136 cm³/mol. The SMILES string of the molecule is C=CCn1c(SCC(=O)Nc2cccc(Cl)c2Cl)nnc1C(C)Oc1ccc(C(C)C)cc1. The summed E-state index contributed by atoms with van der Waals surface area (Å²) in [6.45, 7) is 10.5. The van der Waals surface area contributed by atoms with Gasteiger partial charge in [0.15, 0.2) is 17.1 Å². The van der Waals surface area contributed by atoms with Crippen LogP contribution in [0.3, 0.4) is 0 Å². The summed E-state index contributed by atoms with van der Waals surface area (Å²) in [6.07, 6.45) is 1.42. The molecule has 0 spiro atoms. The Morgan fingerprint density at radius 2 is 1.91 bits per heavy atom. The number of allylic oxidation sites excluding steroid dienone is 1. The molecule has 0 radical (unpaired) electrons. The minimum Gasteiger partial charge on any atom is -0.483 e. The molecular formula is C24H26Cl2N4O2S. The van der Waals surface area contributed by atoms with Crippen LogP contribution >= 0.6 is 35.0 Å². The van der Waals surface area contributed by atoms with E-state index in [4.69, 9.17) is 27.9 Å². The molecule has 0 saturated carbocycles. The van der Waals surface area contributed by atoms with Crippen LogP contribution in [0.15, 0.2) is 60.3 Å². The lowest BCUT2D eigenvalue weighted by molar-refractivity contribution is -0.113. The monoisotopic (exact) mass is 504 g/mol. The Balaban J connectivity index is 1.67. The highest BCUT2D eigenvalue weighted by Crippen LogP contribution is 2.30. The molecule has 1 heterocycles. The Morgan fingerprint density at radius 3 is 2.58 bits per heavy atom. The first-order chi connectivity index (χ1) is 15.8. The fraction of sp³-hybridized carbons (Fsp3) is 0.292. The Bertz CT molecular complexity index is 1120. The van der Waals surface area contributed by atoms with Crippen molar-refractivity contribution in [2.75, 3.05) is 11.1 Å². The van der Waals surface area contributed by atoms with E-state index >= 15 is 0 Å². The molecule has 3 aromatic rings. The molecule has 2 aromatic carbocycles. The normalized spacial score (nSPS) is 11.9. The van der Waals surface area contributed by atoms with Crippen molar-refractivity contribution in [3.8, 4) is 5.75 Å². The summed E-state index contributed by atoms with van der Waals surface area (Å²) in [6, 6.07) is 13.1. The molecular weight excluding hydrogens is 479 g/mol. The smallest absolute Gasteiger partial charge is 0.234 e. The molecule has 9 heteroatoms. The lowest BCUT2D eigenvalue weighted by atomic mass is 10.0. The summed E-state index contributed by atoms with van der Waals surface area (Å²) < 4.78 is 7.98. The summed E-state index contributed by atoms with van der Waals surface area (Å²) >= 11 is 13.4. The summed E-state index contributed by atoms with van der Waals surface area (Å²) in [4.78, 5) is 12.4. The van der Waals surface area contributed by atoms with Crippen LogP contribution in [-0.4, -0.2) is 26.4 Å². The topological polar surface area (TPSA) is 69.0 Å². The van der Waals surface area contributed by atoms with Gasteiger partial charge in [-0.05, 0) is 42.7 Å². The number of hydrogen-bond donors (Lipinski definition) is 1. The summed E-state index contributed by atoms with van der Waals surface area (Å²) in [5.74, 6) is 1.77. The molecule has 0 aliphatic heterocycles. The van der Waals surface area contributed by atoms with Gasteiger partial charge in [0.2, 0.25) is 5.91 Å². The van der Waals surface area contributed by atoms with Gasteiger partial charge in [-0.15, -0.1) is 16.8 Å². The number of amides is 1. The fourth-order valence-corrected chi connectivity index (χ4v) is 4.22. The van der Waals surface area contributed by atoms with Gasteiger partial charge in [-0.2, -0.15) is 0 Å². The molecule has 0 aliphatic carbocycles. The second-order valence-electron chi connectivity index (χ2n) is 7.66. The van der Waals surface area contributed by atoms with Crippen molar-refractivity contribution in [2.24, 2.45) is 0 Å².